The Balaban J connectivity index is 2.65. The van der Waals surface area contributed by atoms with Gasteiger partial charge in [-0.1, -0.05) is 19.9 Å². The van der Waals surface area contributed by atoms with E-state index in [9.17, 15) is 4.79 Å². The smallest absolute Gasteiger partial charge is 0.189 e. The fourth-order valence-corrected chi connectivity index (χ4v) is 1.73. The highest BCUT2D eigenvalue weighted by Crippen LogP contribution is 2.20. The lowest BCUT2D eigenvalue weighted by Gasteiger charge is -2.09. The van der Waals surface area contributed by atoms with Crippen molar-refractivity contribution in [2.75, 3.05) is 0 Å². The van der Waals surface area contributed by atoms with E-state index in [1.54, 1.807) is 12.3 Å². The molecule has 0 bridgehead atoms. The average molecular weight is 201 g/mol. The van der Waals surface area contributed by atoms with Crippen molar-refractivity contribution in [3.8, 4) is 0 Å². The Morgan fingerprint density at radius 3 is 2.87 bits per heavy atom. The van der Waals surface area contributed by atoms with Crippen LogP contribution < -0.4 is 5.43 Å². The topological polar surface area (TPSA) is 32.9 Å². The van der Waals surface area contributed by atoms with Crippen LogP contribution in [-0.4, -0.2) is 4.98 Å². The van der Waals surface area contributed by atoms with Crippen molar-refractivity contribution in [2.24, 2.45) is 0 Å². The quantitative estimate of drug-likeness (QED) is 0.795. The molecule has 0 fully saturated rings. The molecule has 1 heterocycles. The normalized spacial score (nSPS) is 12.9. The molecule has 2 heteroatoms. The maximum atomic E-state index is 11.6. The van der Waals surface area contributed by atoms with Crippen molar-refractivity contribution in [1.82, 2.24) is 4.98 Å². The molecule has 0 aliphatic carbocycles. The molecule has 0 radical (unpaired) electrons. The number of nitrogens with one attached hydrogen (secondary N) is 1. The monoisotopic (exact) mass is 201 g/mol. The lowest BCUT2D eigenvalue weighted by atomic mass is 9.97. The van der Waals surface area contributed by atoms with Crippen molar-refractivity contribution in [3.63, 3.8) is 0 Å². The molecule has 0 amide bonds. The Kier molecular flexibility index (Phi) is 2.58. The summed E-state index contributed by atoms with van der Waals surface area (Å²) >= 11 is 0. The second-order valence-corrected chi connectivity index (χ2v) is 3.96. The van der Waals surface area contributed by atoms with Crippen molar-refractivity contribution < 1.29 is 0 Å². The van der Waals surface area contributed by atoms with Gasteiger partial charge in [0.15, 0.2) is 5.43 Å². The highest BCUT2D eigenvalue weighted by atomic mass is 16.1. The average Bonchev–Trinajstić information content (AvgIpc) is 2.28. The summed E-state index contributed by atoms with van der Waals surface area (Å²) in [7, 11) is 0. The number of aromatic amines is 1. The van der Waals surface area contributed by atoms with Gasteiger partial charge in [0.2, 0.25) is 0 Å². The van der Waals surface area contributed by atoms with Gasteiger partial charge in [0, 0.05) is 23.2 Å². The number of pyridine rings is 1. The van der Waals surface area contributed by atoms with Crippen molar-refractivity contribution in [1.29, 1.82) is 0 Å². The first kappa shape index (κ1) is 9.97. The van der Waals surface area contributed by atoms with Crippen LogP contribution in [0.25, 0.3) is 10.9 Å². The molecule has 2 aromatic rings. The summed E-state index contributed by atoms with van der Waals surface area (Å²) in [5.74, 6) is 0.508. The van der Waals surface area contributed by atoms with Crippen molar-refractivity contribution in [3.05, 3.63) is 46.2 Å². The minimum absolute atomic E-state index is 0.0916. The van der Waals surface area contributed by atoms with Gasteiger partial charge >= 0.3 is 0 Å². The van der Waals surface area contributed by atoms with Gasteiger partial charge in [0.1, 0.15) is 0 Å². The zero-order chi connectivity index (χ0) is 10.8. The molecule has 1 unspecified atom stereocenters. The molecule has 15 heavy (non-hydrogen) atoms. The fourth-order valence-electron chi connectivity index (χ4n) is 1.73. The highest BCUT2D eigenvalue weighted by Gasteiger charge is 2.05. The number of rotatable bonds is 2. The molecule has 1 atom stereocenters. The van der Waals surface area contributed by atoms with Gasteiger partial charge in [-0.05, 0) is 30.0 Å². The van der Waals surface area contributed by atoms with E-state index < -0.39 is 0 Å². The summed E-state index contributed by atoms with van der Waals surface area (Å²) in [4.78, 5) is 14.7. The number of benzene rings is 1. The first-order valence-electron chi connectivity index (χ1n) is 5.33. The van der Waals surface area contributed by atoms with Crippen LogP contribution in [-0.2, 0) is 0 Å². The highest BCUT2D eigenvalue weighted by molar-refractivity contribution is 5.78. The van der Waals surface area contributed by atoms with Crippen LogP contribution in [0.2, 0.25) is 0 Å². The Labute approximate surface area is 89.0 Å². The lowest BCUT2D eigenvalue weighted by molar-refractivity contribution is 0.734. The van der Waals surface area contributed by atoms with E-state index in [-0.39, 0.29) is 5.43 Å². The van der Waals surface area contributed by atoms with Crippen LogP contribution in [0.4, 0.5) is 0 Å². The number of hydrogen-bond donors (Lipinski definition) is 1. The van der Waals surface area contributed by atoms with E-state index in [0.717, 1.165) is 17.3 Å². The van der Waals surface area contributed by atoms with Gasteiger partial charge < -0.3 is 4.98 Å². The van der Waals surface area contributed by atoms with Gasteiger partial charge in [0.25, 0.3) is 0 Å². The van der Waals surface area contributed by atoms with Crippen LogP contribution in [0, 0.1) is 0 Å². The zero-order valence-electron chi connectivity index (χ0n) is 9.08. The SMILES string of the molecule is CCC(C)c1ccc2[nH]ccc(=O)c2c1. The summed E-state index contributed by atoms with van der Waals surface area (Å²) in [6.45, 7) is 4.34. The predicted molar refractivity (Wildman–Crippen MR) is 63.3 cm³/mol. The van der Waals surface area contributed by atoms with Gasteiger partial charge in [0.05, 0.1) is 0 Å². The van der Waals surface area contributed by atoms with Crippen LogP contribution in [0.15, 0.2) is 35.3 Å². The standard InChI is InChI=1S/C13H15NO/c1-3-9(2)10-4-5-12-11(8-10)13(15)6-7-14-12/h4-9H,3H2,1-2H3,(H,14,15). The number of hydrogen-bond acceptors (Lipinski definition) is 1. The molecule has 0 saturated heterocycles. The third-order valence-corrected chi connectivity index (χ3v) is 2.96. The second-order valence-electron chi connectivity index (χ2n) is 3.96. The summed E-state index contributed by atoms with van der Waals surface area (Å²) in [6.07, 6.45) is 2.78. The van der Waals surface area contributed by atoms with E-state index in [1.807, 2.05) is 12.1 Å². The van der Waals surface area contributed by atoms with E-state index in [4.69, 9.17) is 0 Å². The Morgan fingerprint density at radius 2 is 2.13 bits per heavy atom. The summed E-state index contributed by atoms with van der Waals surface area (Å²) in [5.41, 5.74) is 2.24. The molecule has 2 nitrogen and oxygen atoms in total. The lowest BCUT2D eigenvalue weighted by Crippen LogP contribution is -2.01. The molecule has 1 aromatic carbocycles. The number of aromatic nitrogens is 1. The maximum absolute atomic E-state index is 11.6. The van der Waals surface area contributed by atoms with Crippen LogP contribution in [0.5, 0.6) is 0 Å². The molecule has 1 N–H and O–H groups in total. The Bertz CT molecular complexity index is 527. The fraction of sp³-hybridized carbons (Fsp3) is 0.308. The Hall–Kier alpha value is -1.57. The third kappa shape index (κ3) is 1.80. The van der Waals surface area contributed by atoms with E-state index >= 15 is 0 Å². The van der Waals surface area contributed by atoms with E-state index in [2.05, 4.69) is 24.9 Å². The van der Waals surface area contributed by atoms with Crippen LogP contribution >= 0.6 is 0 Å². The number of H-pyrrole nitrogens is 1. The number of fused-ring (bicyclic) bond motifs is 1. The van der Waals surface area contributed by atoms with Gasteiger partial charge in [-0.15, -0.1) is 0 Å². The van der Waals surface area contributed by atoms with E-state index in [1.165, 1.54) is 5.56 Å². The summed E-state index contributed by atoms with van der Waals surface area (Å²) < 4.78 is 0. The first-order valence-corrected chi connectivity index (χ1v) is 5.33. The molecule has 78 valence electrons. The minimum Gasteiger partial charge on any atom is -0.361 e. The molecule has 0 saturated carbocycles. The molecule has 0 aliphatic heterocycles. The second kappa shape index (κ2) is 3.89. The Morgan fingerprint density at radius 1 is 1.33 bits per heavy atom. The van der Waals surface area contributed by atoms with Gasteiger partial charge in [-0.2, -0.15) is 0 Å². The zero-order valence-corrected chi connectivity index (χ0v) is 9.08. The molecule has 2 rings (SSSR count). The first-order chi connectivity index (χ1) is 7.22. The molecular formula is C13H15NO. The predicted octanol–water partition coefficient (Wildman–Crippen LogP) is 3.04. The van der Waals surface area contributed by atoms with E-state index in [0.29, 0.717) is 5.92 Å². The largest absolute Gasteiger partial charge is 0.361 e. The maximum Gasteiger partial charge on any atom is 0.189 e. The minimum atomic E-state index is 0.0916. The van der Waals surface area contributed by atoms with Gasteiger partial charge in [-0.3, -0.25) is 4.79 Å². The summed E-state index contributed by atoms with van der Waals surface area (Å²) in [6, 6.07) is 7.65. The van der Waals surface area contributed by atoms with Crippen LogP contribution in [0.3, 0.4) is 0 Å². The molecular weight excluding hydrogens is 186 g/mol. The third-order valence-electron chi connectivity index (χ3n) is 2.96. The van der Waals surface area contributed by atoms with Crippen LogP contribution in [0.1, 0.15) is 31.7 Å². The van der Waals surface area contributed by atoms with Crippen molar-refractivity contribution >= 4 is 10.9 Å². The molecule has 0 aliphatic rings. The molecule has 1 aromatic heterocycles. The summed E-state index contributed by atoms with van der Waals surface area (Å²) in [5, 5.41) is 0.787. The molecule has 0 spiro atoms. The van der Waals surface area contributed by atoms with Gasteiger partial charge in [-0.25, -0.2) is 0 Å². The van der Waals surface area contributed by atoms with Crippen molar-refractivity contribution in [2.45, 2.75) is 26.2 Å².